The summed E-state index contributed by atoms with van der Waals surface area (Å²) in [7, 11) is 0. The van der Waals surface area contributed by atoms with Crippen LogP contribution in [0.1, 0.15) is 12.5 Å². The van der Waals surface area contributed by atoms with E-state index in [2.05, 4.69) is 0 Å². The lowest BCUT2D eigenvalue weighted by Crippen LogP contribution is -2.34. The molecule has 0 fully saturated rings. The molecular formula is C12H10O2. The van der Waals surface area contributed by atoms with Gasteiger partial charge in [-0.25, -0.2) is 0 Å². The summed E-state index contributed by atoms with van der Waals surface area (Å²) >= 11 is 0. The molecular weight excluding hydrogens is 176 g/mol. The van der Waals surface area contributed by atoms with Crippen molar-refractivity contribution in [3.63, 3.8) is 0 Å². The van der Waals surface area contributed by atoms with E-state index in [-0.39, 0.29) is 11.6 Å². The Bertz CT molecular complexity index is 397. The largest absolute Gasteiger partial charge is 0.293 e. The first kappa shape index (κ1) is 8.88. The monoisotopic (exact) mass is 186 g/mol. The van der Waals surface area contributed by atoms with Crippen LogP contribution < -0.4 is 0 Å². The molecule has 0 aromatic heterocycles. The first-order valence-corrected chi connectivity index (χ1v) is 4.48. The summed E-state index contributed by atoms with van der Waals surface area (Å²) in [5, 5.41) is 0. The van der Waals surface area contributed by atoms with Crippen LogP contribution in [0.4, 0.5) is 0 Å². The van der Waals surface area contributed by atoms with Crippen molar-refractivity contribution in [2.75, 3.05) is 0 Å². The predicted molar refractivity (Wildman–Crippen MR) is 52.9 cm³/mol. The third-order valence-electron chi connectivity index (χ3n) is 2.72. The van der Waals surface area contributed by atoms with Crippen molar-refractivity contribution in [3.05, 3.63) is 48.0 Å². The number of rotatable bonds is 1. The molecule has 0 spiro atoms. The van der Waals surface area contributed by atoms with Crippen LogP contribution in [0.2, 0.25) is 0 Å². The fourth-order valence-corrected chi connectivity index (χ4v) is 1.66. The highest BCUT2D eigenvalue weighted by Gasteiger charge is 2.43. The second-order valence-corrected chi connectivity index (χ2v) is 3.55. The fraction of sp³-hybridized carbons (Fsp3) is 0.167. The number of benzene rings is 1. The van der Waals surface area contributed by atoms with Gasteiger partial charge >= 0.3 is 0 Å². The van der Waals surface area contributed by atoms with Crippen LogP contribution in [0, 0.1) is 0 Å². The highest BCUT2D eigenvalue weighted by molar-refractivity contribution is 6.26. The molecule has 0 bridgehead atoms. The van der Waals surface area contributed by atoms with Gasteiger partial charge in [0.25, 0.3) is 0 Å². The van der Waals surface area contributed by atoms with Crippen molar-refractivity contribution >= 4 is 11.6 Å². The van der Waals surface area contributed by atoms with Gasteiger partial charge in [-0.2, -0.15) is 0 Å². The lowest BCUT2D eigenvalue weighted by atomic mass is 9.79. The van der Waals surface area contributed by atoms with Crippen LogP contribution >= 0.6 is 0 Å². The lowest BCUT2D eigenvalue weighted by Gasteiger charge is -2.20. The first-order chi connectivity index (χ1) is 6.65. The van der Waals surface area contributed by atoms with Gasteiger partial charge in [0, 0.05) is 0 Å². The minimum atomic E-state index is -0.985. The highest BCUT2D eigenvalue weighted by Crippen LogP contribution is 2.30. The molecule has 2 heteroatoms. The number of allylic oxidation sites excluding steroid dienone is 2. The van der Waals surface area contributed by atoms with Gasteiger partial charge in [-0.15, -0.1) is 0 Å². The van der Waals surface area contributed by atoms with Gasteiger partial charge in [-0.3, -0.25) is 9.59 Å². The van der Waals surface area contributed by atoms with E-state index in [4.69, 9.17) is 0 Å². The molecule has 1 aromatic rings. The first-order valence-electron chi connectivity index (χ1n) is 4.48. The van der Waals surface area contributed by atoms with Crippen LogP contribution in [0.3, 0.4) is 0 Å². The SMILES string of the molecule is CC1(c2ccccc2)C(=O)C=CC1=O. The highest BCUT2D eigenvalue weighted by atomic mass is 16.2. The molecule has 1 aliphatic carbocycles. The molecule has 2 nitrogen and oxygen atoms in total. The van der Waals surface area contributed by atoms with E-state index >= 15 is 0 Å². The molecule has 0 N–H and O–H groups in total. The summed E-state index contributed by atoms with van der Waals surface area (Å²) < 4.78 is 0. The zero-order valence-corrected chi connectivity index (χ0v) is 7.86. The van der Waals surface area contributed by atoms with E-state index in [9.17, 15) is 9.59 Å². The summed E-state index contributed by atoms with van der Waals surface area (Å²) in [6, 6.07) is 9.15. The second kappa shape index (κ2) is 2.91. The molecule has 14 heavy (non-hydrogen) atoms. The van der Waals surface area contributed by atoms with Crippen molar-refractivity contribution in [1.82, 2.24) is 0 Å². The number of hydrogen-bond donors (Lipinski definition) is 0. The molecule has 1 aromatic carbocycles. The zero-order chi connectivity index (χ0) is 10.2. The van der Waals surface area contributed by atoms with Crippen molar-refractivity contribution in [2.45, 2.75) is 12.3 Å². The van der Waals surface area contributed by atoms with E-state index in [1.807, 2.05) is 30.3 Å². The molecule has 0 aliphatic heterocycles. The summed E-state index contributed by atoms with van der Waals surface area (Å²) in [5.41, 5.74) is -0.221. The van der Waals surface area contributed by atoms with E-state index in [0.29, 0.717) is 0 Å². The Balaban J connectivity index is 2.53. The number of hydrogen-bond acceptors (Lipinski definition) is 2. The molecule has 0 saturated heterocycles. The van der Waals surface area contributed by atoms with E-state index in [0.717, 1.165) is 5.56 Å². The minimum absolute atomic E-state index is 0.131. The molecule has 0 amide bonds. The maximum absolute atomic E-state index is 11.6. The van der Waals surface area contributed by atoms with E-state index < -0.39 is 5.41 Å². The number of carbonyl (C=O) groups excluding carboxylic acids is 2. The Hall–Kier alpha value is -1.70. The maximum atomic E-state index is 11.6. The molecule has 0 unspecified atom stereocenters. The van der Waals surface area contributed by atoms with Crippen molar-refractivity contribution in [2.24, 2.45) is 0 Å². The van der Waals surface area contributed by atoms with E-state index in [1.165, 1.54) is 12.2 Å². The van der Waals surface area contributed by atoms with Gasteiger partial charge in [0.1, 0.15) is 5.41 Å². The predicted octanol–water partition coefficient (Wildman–Crippen LogP) is 1.65. The Kier molecular flexibility index (Phi) is 1.84. The Morgan fingerprint density at radius 2 is 1.43 bits per heavy atom. The summed E-state index contributed by atoms with van der Waals surface area (Å²) in [4.78, 5) is 23.2. The Morgan fingerprint density at radius 3 is 1.93 bits per heavy atom. The van der Waals surface area contributed by atoms with Crippen LogP contribution in [-0.4, -0.2) is 11.6 Å². The number of ketones is 2. The smallest absolute Gasteiger partial charge is 0.173 e. The third-order valence-corrected chi connectivity index (χ3v) is 2.72. The van der Waals surface area contributed by atoms with E-state index in [1.54, 1.807) is 6.92 Å². The topological polar surface area (TPSA) is 34.1 Å². The van der Waals surface area contributed by atoms with Gasteiger partial charge in [0.05, 0.1) is 0 Å². The second-order valence-electron chi connectivity index (χ2n) is 3.55. The Morgan fingerprint density at radius 1 is 0.929 bits per heavy atom. The summed E-state index contributed by atoms with van der Waals surface area (Å²) in [6.07, 6.45) is 2.71. The molecule has 0 saturated carbocycles. The lowest BCUT2D eigenvalue weighted by molar-refractivity contribution is -0.127. The van der Waals surface area contributed by atoms with Crippen LogP contribution in [0.5, 0.6) is 0 Å². The van der Waals surface area contributed by atoms with Crippen LogP contribution in [-0.2, 0) is 15.0 Å². The molecule has 0 heterocycles. The zero-order valence-electron chi connectivity index (χ0n) is 7.86. The number of carbonyl (C=O) groups is 2. The molecule has 2 rings (SSSR count). The van der Waals surface area contributed by atoms with Gasteiger partial charge in [-0.1, -0.05) is 30.3 Å². The Labute approximate surface area is 82.2 Å². The van der Waals surface area contributed by atoms with Gasteiger partial charge in [0.15, 0.2) is 11.6 Å². The molecule has 70 valence electrons. The average Bonchev–Trinajstić information content (AvgIpc) is 2.49. The van der Waals surface area contributed by atoms with Crippen molar-refractivity contribution < 1.29 is 9.59 Å². The van der Waals surface area contributed by atoms with Gasteiger partial charge in [0.2, 0.25) is 0 Å². The normalized spacial score (nSPS) is 18.9. The van der Waals surface area contributed by atoms with Gasteiger partial charge in [-0.05, 0) is 24.6 Å². The third kappa shape index (κ3) is 1.04. The molecule has 0 radical (unpaired) electrons. The summed E-state index contributed by atoms with van der Waals surface area (Å²) in [5.74, 6) is -0.262. The van der Waals surface area contributed by atoms with Gasteiger partial charge < -0.3 is 0 Å². The van der Waals surface area contributed by atoms with Crippen LogP contribution in [0.25, 0.3) is 0 Å². The van der Waals surface area contributed by atoms with Crippen molar-refractivity contribution in [1.29, 1.82) is 0 Å². The fourth-order valence-electron chi connectivity index (χ4n) is 1.66. The molecule has 1 aliphatic rings. The van der Waals surface area contributed by atoms with Crippen LogP contribution in [0.15, 0.2) is 42.5 Å². The minimum Gasteiger partial charge on any atom is -0.293 e. The van der Waals surface area contributed by atoms with Crippen molar-refractivity contribution in [3.8, 4) is 0 Å². The standard InChI is InChI=1S/C12H10O2/c1-12(9-5-3-2-4-6-9)10(13)7-8-11(12)14/h2-8H,1H3. The quantitative estimate of drug-likeness (QED) is 0.625. The molecule has 0 atom stereocenters. The summed E-state index contributed by atoms with van der Waals surface area (Å²) in [6.45, 7) is 1.67. The average molecular weight is 186 g/mol. The maximum Gasteiger partial charge on any atom is 0.173 e.